The topological polar surface area (TPSA) is 50.4 Å². The zero-order valence-corrected chi connectivity index (χ0v) is 17.0. The van der Waals surface area contributed by atoms with E-state index in [1.165, 1.54) is 12.8 Å². The largest absolute Gasteiger partial charge is 0.492 e. The number of methoxy groups -OCH3 is 1. The molecule has 1 aromatic carbocycles. The summed E-state index contributed by atoms with van der Waals surface area (Å²) in [5.74, 6) is 0.905. The van der Waals surface area contributed by atoms with Crippen molar-refractivity contribution in [2.45, 2.75) is 26.4 Å². The Morgan fingerprint density at radius 3 is 2.61 bits per heavy atom. The number of piperidine rings is 1. The summed E-state index contributed by atoms with van der Waals surface area (Å²) >= 11 is 0. The number of rotatable bonds is 6. The van der Waals surface area contributed by atoms with E-state index in [4.69, 9.17) is 9.47 Å². The number of hydrogen-bond donors (Lipinski definition) is 1. The first-order chi connectivity index (χ1) is 13.6. The first-order valence-corrected chi connectivity index (χ1v) is 9.94. The molecule has 4 rings (SSSR count). The predicted molar refractivity (Wildman–Crippen MR) is 113 cm³/mol. The molecule has 0 radical (unpaired) electrons. The van der Waals surface area contributed by atoms with Crippen LogP contribution in [0.15, 0.2) is 42.7 Å². The number of nitrogens with one attached hydrogen (secondary N) is 1. The van der Waals surface area contributed by atoms with Gasteiger partial charge in [-0.05, 0) is 50.2 Å². The van der Waals surface area contributed by atoms with Crippen LogP contribution in [0.25, 0.3) is 22.2 Å². The van der Waals surface area contributed by atoms with Gasteiger partial charge in [-0.2, -0.15) is 0 Å². The molecule has 1 saturated heterocycles. The molecule has 0 saturated carbocycles. The van der Waals surface area contributed by atoms with Crippen LogP contribution in [0, 0.1) is 5.41 Å². The highest BCUT2D eigenvalue weighted by Gasteiger charge is 2.30. The molecule has 0 atom stereocenters. The van der Waals surface area contributed by atoms with Gasteiger partial charge in [-0.3, -0.25) is 0 Å². The van der Waals surface area contributed by atoms with Crippen LogP contribution < -0.4 is 4.74 Å². The third-order valence-electron chi connectivity index (χ3n) is 5.88. The normalized spacial score (nSPS) is 17.1. The molecule has 148 valence electrons. The Morgan fingerprint density at radius 2 is 1.89 bits per heavy atom. The summed E-state index contributed by atoms with van der Waals surface area (Å²) in [6.07, 6.45) is 6.17. The minimum Gasteiger partial charge on any atom is -0.492 e. The number of likely N-dealkylation sites (tertiary alicyclic amines) is 1. The van der Waals surface area contributed by atoms with E-state index in [-0.39, 0.29) is 5.41 Å². The fraction of sp³-hybridized carbons (Fsp3) is 0.435. The second-order valence-electron chi connectivity index (χ2n) is 8.27. The van der Waals surface area contributed by atoms with Crippen molar-refractivity contribution in [3.05, 3.63) is 48.3 Å². The lowest BCUT2D eigenvalue weighted by Gasteiger charge is -2.37. The molecule has 28 heavy (non-hydrogen) atoms. The van der Waals surface area contributed by atoms with E-state index in [0.717, 1.165) is 53.2 Å². The van der Waals surface area contributed by atoms with E-state index >= 15 is 0 Å². The zero-order valence-electron chi connectivity index (χ0n) is 17.0. The Kier molecular flexibility index (Phi) is 5.38. The van der Waals surface area contributed by atoms with E-state index in [1.54, 1.807) is 7.11 Å². The number of fused-ring (bicyclic) bond motifs is 1. The van der Waals surface area contributed by atoms with Gasteiger partial charge >= 0.3 is 0 Å². The molecule has 0 amide bonds. The van der Waals surface area contributed by atoms with Crippen molar-refractivity contribution < 1.29 is 9.47 Å². The van der Waals surface area contributed by atoms with Gasteiger partial charge in [0.05, 0.1) is 18.6 Å². The van der Waals surface area contributed by atoms with Crippen LogP contribution >= 0.6 is 0 Å². The minimum absolute atomic E-state index is 0.223. The Labute approximate surface area is 166 Å². The summed E-state index contributed by atoms with van der Waals surface area (Å²) < 4.78 is 11.6. The van der Waals surface area contributed by atoms with Crippen molar-refractivity contribution in [1.29, 1.82) is 0 Å². The first kappa shape index (κ1) is 19.0. The number of H-pyrrole nitrogens is 1. The first-order valence-electron chi connectivity index (χ1n) is 9.94. The lowest BCUT2D eigenvalue weighted by atomic mass is 9.81. The average molecular weight is 380 g/mol. The van der Waals surface area contributed by atoms with Gasteiger partial charge < -0.3 is 19.4 Å². The second kappa shape index (κ2) is 7.94. The summed E-state index contributed by atoms with van der Waals surface area (Å²) in [6.45, 7) is 5.96. The molecule has 5 heteroatoms. The summed E-state index contributed by atoms with van der Waals surface area (Å²) in [7, 11) is 3.91. The van der Waals surface area contributed by atoms with Gasteiger partial charge in [0, 0.05) is 30.5 Å². The third-order valence-corrected chi connectivity index (χ3v) is 5.88. The van der Waals surface area contributed by atoms with Crippen molar-refractivity contribution in [1.82, 2.24) is 14.9 Å². The van der Waals surface area contributed by atoms with Crippen LogP contribution in [0.4, 0.5) is 0 Å². The number of benzene rings is 1. The lowest BCUT2D eigenvalue weighted by molar-refractivity contribution is 0.0811. The molecule has 1 N–H and O–H groups in total. The number of hydrogen-bond acceptors (Lipinski definition) is 4. The standard InChI is InChI=1S/C23H29N3O2/c1-23(9-12-26(2)13-10-23)16-28-20-8-11-24-22-21(20)19(14-25-22)18-6-4-17(5-7-18)15-27-3/h4-8,11,14H,9-10,12-13,15-16H2,1-3H3,(H,24,25). The highest BCUT2D eigenvalue weighted by Crippen LogP contribution is 2.37. The Bertz CT molecular complexity index is 925. The zero-order chi connectivity index (χ0) is 19.6. The lowest BCUT2D eigenvalue weighted by Crippen LogP contribution is -2.39. The van der Waals surface area contributed by atoms with Crippen molar-refractivity contribution in [3.8, 4) is 16.9 Å². The molecular formula is C23H29N3O2. The maximum absolute atomic E-state index is 6.38. The van der Waals surface area contributed by atoms with Gasteiger partial charge in [-0.1, -0.05) is 31.2 Å². The Morgan fingerprint density at radius 1 is 1.14 bits per heavy atom. The summed E-state index contributed by atoms with van der Waals surface area (Å²) in [6, 6.07) is 10.5. The van der Waals surface area contributed by atoms with Crippen LogP contribution in [0.2, 0.25) is 0 Å². The maximum Gasteiger partial charge on any atom is 0.141 e. The van der Waals surface area contributed by atoms with Crippen LogP contribution in [0.1, 0.15) is 25.3 Å². The number of nitrogens with zero attached hydrogens (tertiary/aromatic N) is 2. The monoisotopic (exact) mass is 379 g/mol. The molecule has 3 heterocycles. The van der Waals surface area contributed by atoms with Gasteiger partial charge in [0.1, 0.15) is 11.4 Å². The number of pyridine rings is 1. The summed E-state index contributed by atoms with van der Waals surface area (Å²) in [5.41, 5.74) is 4.52. The van der Waals surface area contributed by atoms with Crippen LogP contribution in [-0.4, -0.2) is 48.7 Å². The van der Waals surface area contributed by atoms with E-state index in [0.29, 0.717) is 6.61 Å². The molecule has 0 spiro atoms. The average Bonchev–Trinajstić information content (AvgIpc) is 3.15. The Balaban J connectivity index is 1.60. The van der Waals surface area contributed by atoms with Crippen molar-refractivity contribution >= 4 is 11.0 Å². The van der Waals surface area contributed by atoms with Crippen LogP contribution in [-0.2, 0) is 11.3 Å². The van der Waals surface area contributed by atoms with Gasteiger partial charge in [0.15, 0.2) is 0 Å². The van der Waals surface area contributed by atoms with Gasteiger partial charge in [-0.25, -0.2) is 4.98 Å². The fourth-order valence-corrected chi connectivity index (χ4v) is 3.88. The minimum atomic E-state index is 0.223. The predicted octanol–water partition coefficient (Wildman–Crippen LogP) is 4.49. The van der Waals surface area contributed by atoms with E-state index in [9.17, 15) is 0 Å². The van der Waals surface area contributed by atoms with E-state index in [1.807, 2.05) is 18.5 Å². The van der Waals surface area contributed by atoms with Gasteiger partial charge in [0.25, 0.3) is 0 Å². The SMILES string of the molecule is COCc1ccc(-c2c[nH]c3nccc(OCC4(C)CCN(C)CC4)c23)cc1. The Hall–Kier alpha value is -2.37. The highest BCUT2D eigenvalue weighted by molar-refractivity contribution is 5.98. The van der Waals surface area contributed by atoms with Crippen molar-refractivity contribution in [2.75, 3.05) is 33.9 Å². The van der Waals surface area contributed by atoms with E-state index < -0.39 is 0 Å². The summed E-state index contributed by atoms with van der Waals surface area (Å²) in [5, 5.41) is 1.05. The number of aromatic nitrogens is 2. The smallest absolute Gasteiger partial charge is 0.141 e. The maximum atomic E-state index is 6.38. The van der Waals surface area contributed by atoms with Gasteiger partial charge in [0.2, 0.25) is 0 Å². The number of aromatic amines is 1. The quantitative estimate of drug-likeness (QED) is 0.686. The molecule has 2 aromatic heterocycles. The molecule has 0 unspecified atom stereocenters. The summed E-state index contributed by atoms with van der Waals surface area (Å²) in [4.78, 5) is 10.2. The van der Waals surface area contributed by atoms with Crippen molar-refractivity contribution in [2.24, 2.45) is 5.41 Å². The van der Waals surface area contributed by atoms with Gasteiger partial charge in [-0.15, -0.1) is 0 Å². The fourth-order valence-electron chi connectivity index (χ4n) is 3.88. The molecule has 1 aliphatic heterocycles. The molecule has 1 aliphatic rings. The third kappa shape index (κ3) is 3.91. The molecule has 1 fully saturated rings. The van der Waals surface area contributed by atoms with Crippen molar-refractivity contribution in [3.63, 3.8) is 0 Å². The molecular weight excluding hydrogens is 350 g/mol. The molecule has 3 aromatic rings. The highest BCUT2D eigenvalue weighted by atomic mass is 16.5. The van der Waals surface area contributed by atoms with E-state index in [2.05, 4.69) is 53.1 Å². The second-order valence-corrected chi connectivity index (χ2v) is 8.27. The molecule has 0 bridgehead atoms. The van der Waals surface area contributed by atoms with Crippen LogP contribution in [0.3, 0.4) is 0 Å². The van der Waals surface area contributed by atoms with Crippen LogP contribution in [0.5, 0.6) is 5.75 Å². The molecule has 5 nitrogen and oxygen atoms in total. The number of ether oxygens (including phenoxy) is 2. The molecule has 0 aliphatic carbocycles.